The Labute approximate surface area is 90.1 Å². The molecule has 0 unspecified atom stereocenters. The molecule has 0 radical (unpaired) electrons. The highest BCUT2D eigenvalue weighted by molar-refractivity contribution is 5.67. The Morgan fingerprint density at radius 2 is 1.87 bits per heavy atom. The zero-order valence-corrected chi connectivity index (χ0v) is 8.77. The van der Waals surface area contributed by atoms with Gasteiger partial charge in [0.15, 0.2) is 0 Å². The molecule has 0 saturated heterocycles. The number of hydrogen-bond acceptors (Lipinski definition) is 1. The van der Waals surface area contributed by atoms with E-state index in [2.05, 4.69) is 41.9 Å². The summed E-state index contributed by atoms with van der Waals surface area (Å²) in [6, 6.07) is 12.4. The first-order valence-corrected chi connectivity index (χ1v) is 4.96. The summed E-state index contributed by atoms with van der Waals surface area (Å²) in [5.74, 6) is 0. The molecule has 0 N–H and O–H groups in total. The van der Waals surface area contributed by atoms with Crippen molar-refractivity contribution in [2.75, 3.05) is 0 Å². The Bertz CT molecular complexity index is 469. The Morgan fingerprint density at radius 1 is 1.13 bits per heavy atom. The molecule has 0 aliphatic rings. The molecule has 2 aromatic rings. The van der Waals surface area contributed by atoms with E-state index in [-0.39, 0.29) is 0 Å². The third-order valence-corrected chi connectivity index (χ3v) is 2.46. The zero-order chi connectivity index (χ0) is 10.7. The number of hydrogen-bond donors (Lipinski definition) is 0. The maximum absolute atomic E-state index is 4.28. The summed E-state index contributed by atoms with van der Waals surface area (Å²) in [7, 11) is 0. The van der Waals surface area contributed by atoms with Gasteiger partial charge >= 0.3 is 0 Å². The predicted molar refractivity (Wildman–Crippen MR) is 64.5 cm³/mol. The summed E-state index contributed by atoms with van der Waals surface area (Å²) < 4.78 is 0. The topological polar surface area (TPSA) is 12.9 Å². The maximum atomic E-state index is 4.28. The van der Waals surface area contributed by atoms with E-state index < -0.39 is 0 Å². The fraction of sp³-hybridized carbons (Fsp3) is 0.0714. The van der Waals surface area contributed by atoms with Gasteiger partial charge in [0.2, 0.25) is 0 Å². The van der Waals surface area contributed by atoms with Crippen LogP contribution in [0.1, 0.15) is 11.3 Å². The van der Waals surface area contributed by atoms with E-state index in [4.69, 9.17) is 0 Å². The number of rotatable bonds is 2. The fourth-order valence-corrected chi connectivity index (χ4v) is 1.59. The van der Waals surface area contributed by atoms with Crippen LogP contribution in [0.25, 0.3) is 17.2 Å². The van der Waals surface area contributed by atoms with Crippen LogP contribution in [-0.4, -0.2) is 4.98 Å². The highest BCUT2D eigenvalue weighted by Crippen LogP contribution is 2.21. The van der Waals surface area contributed by atoms with Gasteiger partial charge in [-0.05, 0) is 24.1 Å². The van der Waals surface area contributed by atoms with Gasteiger partial charge in [-0.25, -0.2) is 0 Å². The number of aromatic nitrogens is 1. The van der Waals surface area contributed by atoms with Crippen LogP contribution >= 0.6 is 0 Å². The van der Waals surface area contributed by atoms with Gasteiger partial charge < -0.3 is 0 Å². The Kier molecular flexibility index (Phi) is 2.64. The van der Waals surface area contributed by atoms with Crippen LogP contribution in [0.2, 0.25) is 0 Å². The van der Waals surface area contributed by atoms with Crippen LogP contribution in [0.15, 0.2) is 49.2 Å². The molecule has 0 spiro atoms. The molecule has 0 aliphatic heterocycles. The lowest BCUT2D eigenvalue weighted by Crippen LogP contribution is -1.86. The average molecular weight is 195 g/mol. The Hall–Kier alpha value is -1.89. The van der Waals surface area contributed by atoms with Crippen molar-refractivity contribution in [1.82, 2.24) is 4.98 Å². The Morgan fingerprint density at radius 3 is 2.47 bits per heavy atom. The minimum absolute atomic E-state index is 1.06. The highest BCUT2D eigenvalue weighted by atomic mass is 14.7. The summed E-state index contributed by atoms with van der Waals surface area (Å²) in [4.78, 5) is 4.28. The summed E-state index contributed by atoms with van der Waals surface area (Å²) in [5.41, 5.74) is 4.59. The van der Waals surface area contributed by atoms with Gasteiger partial charge in [0.25, 0.3) is 0 Å². The normalized spacial score (nSPS) is 9.93. The number of aryl methyl sites for hydroxylation is 1. The number of nitrogens with zero attached hydrogens (tertiary/aromatic N) is 1. The lowest BCUT2D eigenvalue weighted by Gasteiger charge is -2.04. The van der Waals surface area contributed by atoms with Crippen LogP contribution in [0.4, 0.5) is 0 Å². The monoisotopic (exact) mass is 195 g/mol. The second-order valence-electron chi connectivity index (χ2n) is 3.46. The van der Waals surface area contributed by atoms with Crippen LogP contribution in [0.3, 0.4) is 0 Å². The van der Waals surface area contributed by atoms with E-state index in [1.54, 1.807) is 0 Å². The second-order valence-corrected chi connectivity index (χ2v) is 3.46. The standard InChI is InChI=1S/C14H13N/c1-3-12-6-8-13(9-7-12)14-5-4-10-15-11(14)2/h3-10H,1H2,2H3. The van der Waals surface area contributed by atoms with Gasteiger partial charge in [-0.2, -0.15) is 0 Å². The number of pyridine rings is 1. The molecular weight excluding hydrogens is 182 g/mol. The van der Waals surface area contributed by atoms with Crippen molar-refractivity contribution in [3.8, 4) is 11.1 Å². The molecule has 74 valence electrons. The summed E-state index contributed by atoms with van der Waals surface area (Å²) in [6.07, 6.45) is 3.66. The first-order valence-electron chi connectivity index (χ1n) is 4.96. The van der Waals surface area contributed by atoms with Crippen LogP contribution < -0.4 is 0 Å². The van der Waals surface area contributed by atoms with E-state index in [9.17, 15) is 0 Å². The van der Waals surface area contributed by atoms with Gasteiger partial charge in [-0.15, -0.1) is 0 Å². The van der Waals surface area contributed by atoms with Gasteiger partial charge in [-0.1, -0.05) is 43.0 Å². The van der Waals surface area contributed by atoms with Gasteiger partial charge in [0.05, 0.1) is 0 Å². The summed E-state index contributed by atoms with van der Waals surface area (Å²) in [6.45, 7) is 5.76. The summed E-state index contributed by atoms with van der Waals surface area (Å²) >= 11 is 0. The van der Waals surface area contributed by atoms with Crippen LogP contribution in [0, 0.1) is 6.92 Å². The first kappa shape index (κ1) is 9.66. The van der Waals surface area contributed by atoms with Crippen molar-refractivity contribution in [2.45, 2.75) is 6.92 Å². The van der Waals surface area contributed by atoms with E-state index in [0.29, 0.717) is 0 Å². The third kappa shape index (κ3) is 1.96. The van der Waals surface area contributed by atoms with Crippen LogP contribution in [-0.2, 0) is 0 Å². The zero-order valence-electron chi connectivity index (χ0n) is 8.77. The molecular formula is C14H13N. The lowest BCUT2D eigenvalue weighted by molar-refractivity contribution is 1.20. The number of benzene rings is 1. The fourth-order valence-electron chi connectivity index (χ4n) is 1.59. The lowest BCUT2D eigenvalue weighted by atomic mass is 10.0. The third-order valence-electron chi connectivity index (χ3n) is 2.46. The van der Waals surface area contributed by atoms with E-state index >= 15 is 0 Å². The second kappa shape index (κ2) is 4.09. The molecule has 1 heteroatoms. The van der Waals surface area contributed by atoms with Crippen LogP contribution in [0.5, 0.6) is 0 Å². The molecule has 15 heavy (non-hydrogen) atoms. The molecule has 1 aromatic carbocycles. The first-order chi connectivity index (χ1) is 7.31. The van der Waals surface area contributed by atoms with Crippen molar-refractivity contribution in [3.63, 3.8) is 0 Å². The van der Waals surface area contributed by atoms with Crippen molar-refractivity contribution in [3.05, 3.63) is 60.4 Å². The van der Waals surface area contributed by atoms with Gasteiger partial charge in [-0.3, -0.25) is 4.98 Å². The molecule has 0 saturated carbocycles. The Balaban J connectivity index is 2.46. The molecule has 1 aromatic heterocycles. The molecule has 1 heterocycles. The van der Waals surface area contributed by atoms with Crippen molar-refractivity contribution >= 4 is 6.08 Å². The molecule has 0 fully saturated rings. The van der Waals surface area contributed by atoms with E-state index in [1.165, 1.54) is 11.1 Å². The van der Waals surface area contributed by atoms with Crippen molar-refractivity contribution in [2.24, 2.45) is 0 Å². The van der Waals surface area contributed by atoms with Gasteiger partial charge in [0.1, 0.15) is 0 Å². The van der Waals surface area contributed by atoms with Crippen molar-refractivity contribution in [1.29, 1.82) is 0 Å². The van der Waals surface area contributed by atoms with Crippen molar-refractivity contribution < 1.29 is 0 Å². The average Bonchev–Trinajstić information content (AvgIpc) is 2.30. The molecule has 0 aliphatic carbocycles. The van der Waals surface area contributed by atoms with E-state index in [0.717, 1.165) is 11.3 Å². The van der Waals surface area contributed by atoms with Gasteiger partial charge in [0, 0.05) is 17.5 Å². The van der Waals surface area contributed by atoms with E-state index in [1.807, 2.05) is 25.3 Å². The highest BCUT2D eigenvalue weighted by Gasteiger charge is 2.00. The molecule has 1 nitrogen and oxygen atoms in total. The smallest absolute Gasteiger partial charge is 0.0450 e. The molecule has 2 rings (SSSR count). The molecule has 0 bridgehead atoms. The largest absolute Gasteiger partial charge is 0.261 e. The molecule has 0 amide bonds. The quantitative estimate of drug-likeness (QED) is 0.712. The minimum atomic E-state index is 1.06. The minimum Gasteiger partial charge on any atom is -0.261 e. The molecule has 0 atom stereocenters. The summed E-state index contributed by atoms with van der Waals surface area (Å²) in [5, 5.41) is 0. The maximum Gasteiger partial charge on any atom is 0.0450 e. The SMILES string of the molecule is C=Cc1ccc(-c2cccnc2C)cc1. The predicted octanol–water partition coefficient (Wildman–Crippen LogP) is 3.70.